The lowest BCUT2D eigenvalue weighted by Crippen LogP contribution is -2.46. The monoisotopic (exact) mass is 446 g/mol. The topological polar surface area (TPSA) is 67.4 Å². The molecule has 31 heavy (non-hydrogen) atoms. The molecule has 0 bridgehead atoms. The van der Waals surface area contributed by atoms with Crippen molar-refractivity contribution in [2.24, 2.45) is 4.99 Å². The van der Waals surface area contributed by atoms with E-state index in [0.29, 0.717) is 18.3 Å². The lowest BCUT2D eigenvalue weighted by atomic mass is 10.2. The number of benzene rings is 1. The first-order chi connectivity index (χ1) is 15.1. The van der Waals surface area contributed by atoms with Crippen LogP contribution in [-0.4, -0.2) is 64.5 Å². The van der Waals surface area contributed by atoms with Crippen molar-refractivity contribution < 1.29 is 14.2 Å². The van der Waals surface area contributed by atoms with Crippen molar-refractivity contribution in [3.05, 3.63) is 45.6 Å². The highest BCUT2D eigenvalue weighted by atomic mass is 32.1. The van der Waals surface area contributed by atoms with Crippen LogP contribution >= 0.6 is 11.3 Å². The van der Waals surface area contributed by atoms with Crippen LogP contribution in [0.5, 0.6) is 11.5 Å². The Kier molecular flexibility index (Phi) is 8.99. The van der Waals surface area contributed by atoms with Gasteiger partial charge in [0.05, 0.1) is 40.0 Å². The van der Waals surface area contributed by atoms with Gasteiger partial charge in [-0.1, -0.05) is 6.07 Å². The Bertz CT molecular complexity index is 849. The zero-order chi connectivity index (χ0) is 22.1. The van der Waals surface area contributed by atoms with Gasteiger partial charge in [-0.05, 0) is 43.7 Å². The van der Waals surface area contributed by atoms with Crippen LogP contribution in [0, 0.1) is 6.92 Å². The summed E-state index contributed by atoms with van der Waals surface area (Å²) >= 11 is 1.86. The molecule has 1 fully saturated rings. The van der Waals surface area contributed by atoms with E-state index in [1.54, 1.807) is 14.2 Å². The molecule has 0 radical (unpaired) electrons. The quantitative estimate of drug-likeness (QED) is 0.456. The predicted octanol–water partition coefficient (Wildman–Crippen LogP) is 3.20. The third-order valence-electron chi connectivity index (χ3n) is 5.25. The maximum Gasteiger partial charge on any atom is 0.191 e. The van der Waals surface area contributed by atoms with Gasteiger partial charge in [0.15, 0.2) is 17.5 Å². The first-order valence-electron chi connectivity index (χ1n) is 10.8. The van der Waals surface area contributed by atoms with Crippen LogP contribution < -0.4 is 20.1 Å². The number of aliphatic imine (C=N–C) groups is 1. The molecule has 0 saturated carbocycles. The van der Waals surface area contributed by atoms with Gasteiger partial charge in [-0.15, -0.1) is 11.3 Å². The van der Waals surface area contributed by atoms with E-state index >= 15 is 0 Å². The van der Waals surface area contributed by atoms with E-state index in [1.807, 2.05) is 29.5 Å². The predicted molar refractivity (Wildman–Crippen MR) is 127 cm³/mol. The van der Waals surface area contributed by atoms with E-state index in [4.69, 9.17) is 19.2 Å². The van der Waals surface area contributed by atoms with E-state index in [0.717, 1.165) is 56.7 Å². The second-order valence-electron chi connectivity index (χ2n) is 7.38. The molecule has 1 atom stereocenters. The van der Waals surface area contributed by atoms with Crippen molar-refractivity contribution >= 4 is 17.3 Å². The largest absolute Gasteiger partial charge is 0.493 e. The molecule has 3 rings (SSSR count). The molecule has 2 N–H and O–H groups in total. The van der Waals surface area contributed by atoms with Crippen LogP contribution in [0.15, 0.2) is 35.3 Å². The van der Waals surface area contributed by atoms with Crippen LogP contribution in [0.25, 0.3) is 0 Å². The maximum absolute atomic E-state index is 5.56. The molecular formula is C23H34N4O3S. The van der Waals surface area contributed by atoms with E-state index < -0.39 is 0 Å². The van der Waals surface area contributed by atoms with Crippen molar-refractivity contribution in [1.82, 2.24) is 15.5 Å². The molecule has 0 amide bonds. The Morgan fingerprint density at radius 2 is 1.90 bits per heavy atom. The number of thiophene rings is 1. The van der Waals surface area contributed by atoms with E-state index in [2.05, 4.69) is 41.5 Å². The number of hydrogen-bond acceptors (Lipinski definition) is 6. The molecule has 1 aromatic carbocycles. The Morgan fingerprint density at radius 1 is 1.13 bits per heavy atom. The van der Waals surface area contributed by atoms with Crippen molar-refractivity contribution in [1.29, 1.82) is 0 Å². The molecule has 2 aromatic rings. The highest BCUT2D eigenvalue weighted by Crippen LogP contribution is 2.29. The van der Waals surface area contributed by atoms with Gasteiger partial charge in [-0.2, -0.15) is 0 Å². The van der Waals surface area contributed by atoms with Gasteiger partial charge in [0, 0.05) is 35.9 Å². The lowest BCUT2D eigenvalue weighted by Gasteiger charge is -2.34. The SMILES string of the molecule is CCNC(=NCc1ccc(OC)c(OC)c1)NCC(c1ccc(C)s1)N1CCOCC1. The minimum atomic E-state index is 0.299. The highest BCUT2D eigenvalue weighted by molar-refractivity contribution is 7.12. The third kappa shape index (κ3) is 6.59. The van der Waals surface area contributed by atoms with Crippen LogP contribution in [0.1, 0.15) is 28.3 Å². The van der Waals surface area contributed by atoms with Crippen LogP contribution in [0.3, 0.4) is 0 Å². The van der Waals surface area contributed by atoms with E-state index in [9.17, 15) is 0 Å². The minimum Gasteiger partial charge on any atom is -0.493 e. The number of nitrogens with one attached hydrogen (secondary N) is 2. The molecule has 8 heteroatoms. The molecule has 0 spiro atoms. The summed E-state index contributed by atoms with van der Waals surface area (Å²) in [4.78, 5) is 10.0. The number of rotatable bonds is 9. The molecule has 1 aromatic heterocycles. The zero-order valence-electron chi connectivity index (χ0n) is 18.9. The van der Waals surface area contributed by atoms with Crippen LogP contribution in [-0.2, 0) is 11.3 Å². The highest BCUT2D eigenvalue weighted by Gasteiger charge is 2.24. The summed E-state index contributed by atoms with van der Waals surface area (Å²) in [5.74, 6) is 2.25. The van der Waals surface area contributed by atoms with Crippen LogP contribution in [0.4, 0.5) is 0 Å². The summed E-state index contributed by atoms with van der Waals surface area (Å²) in [6.45, 7) is 9.85. The summed E-state index contributed by atoms with van der Waals surface area (Å²) in [6, 6.07) is 10.6. The van der Waals surface area contributed by atoms with E-state index in [-0.39, 0.29) is 0 Å². The van der Waals surface area contributed by atoms with Crippen molar-refractivity contribution in [2.75, 3.05) is 53.6 Å². The molecule has 2 heterocycles. The molecule has 0 aliphatic carbocycles. The van der Waals surface area contributed by atoms with Gasteiger partial charge in [0.1, 0.15) is 0 Å². The number of guanidine groups is 1. The van der Waals surface area contributed by atoms with Gasteiger partial charge in [0.2, 0.25) is 0 Å². The Morgan fingerprint density at radius 3 is 2.55 bits per heavy atom. The molecule has 7 nitrogen and oxygen atoms in total. The summed E-state index contributed by atoms with van der Waals surface area (Å²) < 4.78 is 16.3. The average molecular weight is 447 g/mol. The van der Waals surface area contributed by atoms with Gasteiger partial charge in [-0.25, -0.2) is 4.99 Å². The van der Waals surface area contributed by atoms with Crippen LogP contribution in [0.2, 0.25) is 0 Å². The summed E-state index contributed by atoms with van der Waals surface area (Å²) in [6.07, 6.45) is 0. The number of ether oxygens (including phenoxy) is 3. The molecule has 1 unspecified atom stereocenters. The number of morpholine rings is 1. The molecule has 1 aliphatic heterocycles. The summed E-state index contributed by atoms with van der Waals surface area (Å²) in [7, 11) is 3.29. The smallest absolute Gasteiger partial charge is 0.191 e. The second-order valence-corrected chi connectivity index (χ2v) is 8.70. The zero-order valence-corrected chi connectivity index (χ0v) is 19.8. The summed E-state index contributed by atoms with van der Waals surface area (Å²) in [5, 5.41) is 6.92. The summed E-state index contributed by atoms with van der Waals surface area (Å²) in [5.41, 5.74) is 1.06. The molecule has 170 valence electrons. The number of aryl methyl sites for hydroxylation is 1. The fourth-order valence-corrected chi connectivity index (χ4v) is 4.63. The third-order valence-corrected chi connectivity index (χ3v) is 6.35. The standard InChI is InChI=1S/C23H34N4O3S/c1-5-24-23(25-15-18-7-8-20(28-3)21(14-18)29-4)26-16-19(22-9-6-17(2)31-22)27-10-12-30-13-11-27/h6-9,14,19H,5,10-13,15-16H2,1-4H3,(H2,24,25,26). The minimum absolute atomic E-state index is 0.299. The first kappa shape index (κ1) is 23.4. The van der Waals surface area contributed by atoms with Gasteiger partial charge >= 0.3 is 0 Å². The fourth-order valence-electron chi connectivity index (χ4n) is 3.62. The fraction of sp³-hybridized carbons (Fsp3) is 0.522. The molecule has 1 aliphatic rings. The maximum atomic E-state index is 5.56. The van der Waals surface area contributed by atoms with Crippen molar-refractivity contribution in [3.8, 4) is 11.5 Å². The van der Waals surface area contributed by atoms with Crippen molar-refractivity contribution in [2.45, 2.75) is 26.4 Å². The molecule has 1 saturated heterocycles. The van der Waals surface area contributed by atoms with Gasteiger partial charge < -0.3 is 24.8 Å². The lowest BCUT2D eigenvalue weighted by molar-refractivity contribution is 0.0177. The molecular weight excluding hydrogens is 412 g/mol. The number of methoxy groups -OCH3 is 2. The Labute approximate surface area is 189 Å². The second kappa shape index (κ2) is 11.9. The Balaban J connectivity index is 1.69. The van der Waals surface area contributed by atoms with E-state index in [1.165, 1.54) is 9.75 Å². The van der Waals surface area contributed by atoms with Gasteiger partial charge in [-0.3, -0.25) is 4.90 Å². The van der Waals surface area contributed by atoms with Crippen molar-refractivity contribution in [3.63, 3.8) is 0 Å². The Hall–Kier alpha value is -2.29. The average Bonchev–Trinajstić information content (AvgIpc) is 3.23. The number of hydrogen-bond donors (Lipinski definition) is 2. The van der Waals surface area contributed by atoms with Gasteiger partial charge in [0.25, 0.3) is 0 Å². The normalized spacial score (nSPS) is 16.1. The first-order valence-corrected chi connectivity index (χ1v) is 11.6. The number of nitrogens with zero attached hydrogens (tertiary/aromatic N) is 2.